The molecule has 2 aromatic carbocycles. The molecule has 3 rings (SSSR count). The summed E-state index contributed by atoms with van der Waals surface area (Å²) in [5.41, 5.74) is 2.22. The van der Waals surface area contributed by atoms with E-state index in [1.54, 1.807) is 6.07 Å². The normalized spacial score (nSPS) is 21.3. The van der Waals surface area contributed by atoms with Crippen LogP contribution in [0, 0.1) is 5.82 Å². The largest absolute Gasteiger partial charge is 0.492 e. The summed E-state index contributed by atoms with van der Waals surface area (Å²) in [4.78, 5) is 0. The SMILES string of the molecule is CC1Cc2ccc(F)cc2C(COc2ccccc2)N1. The molecule has 0 aliphatic carbocycles. The van der Waals surface area contributed by atoms with Crippen molar-refractivity contribution in [2.75, 3.05) is 6.61 Å². The van der Waals surface area contributed by atoms with Gasteiger partial charge in [-0.3, -0.25) is 0 Å². The first kappa shape index (κ1) is 13.1. The molecule has 1 heterocycles. The number of hydrogen-bond donors (Lipinski definition) is 1. The van der Waals surface area contributed by atoms with E-state index >= 15 is 0 Å². The third kappa shape index (κ3) is 2.83. The van der Waals surface area contributed by atoms with E-state index in [2.05, 4.69) is 12.2 Å². The maximum absolute atomic E-state index is 13.5. The van der Waals surface area contributed by atoms with Crippen molar-refractivity contribution < 1.29 is 9.13 Å². The molecule has 2 nitrogen and oxygen atoms in total. The number of para-hydroxylation sites is 1. The number of hydrogen-bond acceptors (Lipinski definition) is 2. The Balaban J connectivity index is 1.78. The molecule has 3 heteroatoms. The molecular formula is C17H18FNO. The third-order valence-corrected chi connectivity index (χ3v) is 3.66. The molecule has 1 N–H and O–H groups in total. The van der Waals surface area contributed by atoms with E-state index in [9.17, 15) is 4.39 Å². The van der Waals surface area contributed by atoms with E-state index in [0.29, 0.717) is 12.6 Å². The predicted octanol–water partition coefficient (Wildman–Crippen LogP) is 3.48. The first-order valence-corrected chi connectivity index (χ1v) is 6.94. The first-order chi connectivity index (χ1) is 9.72. The standard InChI is InChI=1S/C17H18FNO/c1-12-9-13-7-8-14(18)10-16(13)17(19-12)11-20-15-5-3-2-4-6-15/h2-8,10,12,17,19H,9,11H2,1H3. The highest BCUT2D eigenvalue weighted by atomic mass is 19.1. The zero-order valence-electron chi connectivity index (χ0n) is 11.5. The van der Waals surface area contributed by atoms with Gasteiger partial charge in [0.1, 0.15) is 18.2 Å². The van der Waals surface area contributed by atoms with Gasteiger partial charge in [0.15, 0.2) is 0 Å². The molecule has 104 valence electrons. The van der Waals surface area contributed by atoms with E-state index in [1.807, 2.05) is 36.4 Å². The van der Waals surface area contributed by atoms with Gasteiger partial charge in [0.05, 0.1) is 6.04 Å². The lowest BCUT2D eigenvalue weighted by atomic mass is 9.91. The molecule has 1 aliphatic rings. The summed E-state index contributed by atoms with van der Waals surface area (Å²) in [6.07, 6.45) is 0.928. The smallest absolute Gasteiger partial charge is 0.123 e. The van der Waals surface area contributed by atoms with Crippen molar-refractivity contribution in [1.82, 2.24) is 5.32 Å². The van der Waals surface area contributed by atoms with Crippen molar-refractivity contribution in [1.29, 1.82) is 0 Å². The van der Waals surface area contributed by atoms with Crippen LogP contribution in [0.4, 0.5) is 4.39 Å². The van der Waals surface area contributed by atoms with Gasteiger partial charge in [-0.15, -0.1) is 0 Å². The van der Waals surface area contributed by atoms with Crippen LogP contribution in [0.2, 0.25) is 0 Å². The van der Waals surface area contributed by atoms with Gasteiger partial charge in [-0.1, -0.05) is 24.3 Å². The van der Waals surface area contributed by atoms with Crippen molar-refractivity contribution in [2.45, 2.75) is 25.4 Å². The van der Waals surface area contributed by atoms with Crippen molar-refractivity contribution in [2.24, 2.45) is 0 Å². The van der Waals surface area contributed by atoms with E-state index in [1.165, 1.54) is 11.6 Å². The summed E-state index contributed by atoms with van der Waals surface area (Å²) in [6, 6.07) is 15.1. The number of rotatable bonds is 3. The van der Waals surface area contributed by atoms with Gasteiger partial charge >= 0.3 is 0 Å². The molecule has 2 atom stereocenters. The fraction of sp³-hybridized carbons (Fsp3) is 0.294. The Labute approximate surface area is 118 Å². The fourth-order valence-electron chi connectivity index (χ4n) is 2.73. The second-order valence-corrected chi connectivity index (χ2v) is 5.29. The van der Waals surface area contributed by atoms with E-state index in [0.717, 1.165) is 17.7 Å². The molecule has 0 fully saturated rings. The summed E-state index contributed by atoms with van der Waals surface area (Å²) >= 11 is 0. The Kier molecular flexibility index (Phi) is 3.70. The van der Waals surface area contributed by atoms with Gasteiger partial charge in [0.25, 0.3) is 0 Å². The maximum atomic E-state index is 13.5. The summed E-state index contributed by atoms with van der Waals surface area (Å²) in [5.74, 6) is 0.648. The molecule has 0 radical (unpaired) electrons. The lowest BCUT2D eigenvalue weighted by Gasteiger charge is -2.31. The highest BCUT2D eigenvalue weighted by Gasteiger charge is 2.24. The molecule has 0 saturated heterocycles. The molecule has 0 aromatic heterocycles. The lowest BCUT2D eigenvalue weighted by molar-refractivity contribution is 0.247. The second-order valence-electron chi connectivity index (χ2n) is 5.29. The number of ether oxygens (including phenoxy) is 1. The van der Waals surface area contributed by atoms with E-state index in [-0.39, 0.29) is 11.9 Å². The highest BCUT2D eigenvalue weighted by Crippen LogP contribution is 2.27. The van der Waals surface area contributed by atoms with E-state index < -0.39 is 0 Å². The van der Waals surface area contributed by atoms with Gasteiger partial charge in [-0.05, 0) is 48.7 Å². The highest BCUT2D eigenvalue weighted by molar-refractivity contribution is 5.34. The molecule has 0 amide bonds. The van der Waals surface area contributed by atoms with Crippen LogP contribution >= 0.6 is 0 Å². The van der Waals surface area contributed by atoms with Crippen molar-refractivity contribution >= 4 is 0 Å². The van der Waals surface area contributed by atoms with Gasteiger partial charge in [0.2, 0.25) is 0 Å². The Morgan fingerprint density at radius 1 is 1.20 bits per heavy atom. The van der Waals surface area contributed by atoms with Gasteiger partial charge in [-0.2, -0.15) is 0 Å². The van der Waals surface area contributed by atoms with Gasteiger partial charge < -0.3 is 10.1 Å². The zero-order chi connectivity index (χ0) is 13.9. The monoisotopic (exact) mass is 271 g/mol. The quantitative estimate of drug-likeness (QED) is 0.922. The molecule has 0 spiro atoms. The minimum absolute atomic E-state index is 0.0321. The molecule has 20 heavy (non-hydrogen) atoms. The third-order valence-electron chi connectivity index (χ3n) is 3.66. The number of benzene rings is 2. The van der Waals surface area contributed by atoms with Crippen LogP contribution in [0.5, 0.6) is 5.75 Å². The molecular weight excluding hydrogens is 253 g/mol. The van der Waals surface area contributed by atoms with Crippen LogP contribution in [-0.4, -0.2) is 12.6 Å². The summed E-state index contributed by atoms with van der Waals surface area (Å²) in [6.45, 7) is 2.65. The van der Waals surface area contributed by atoms with E-state index in [4.69, 9.17) is 4.74 Å². The Hall–Kier alpha value is -1.87. The van der Waals surface area contributed by atoms with Crippen LogP contribution in [0.1, 0.15) is 24.1 Å². The van der Waals surface area contributed by atoms with Crippen LogP contribution < -0.4 is 10.1 Å². The number of halogens is 1. The lowest BCUT2D eigenvalue weighted by Crippen LogP contribution is -2.40. The summed E-state index contributed by atoms with van der Waals surface area (Å²) < 4.78 is 19.3. The van der Waals surface area contributed by atoms with Gasteiger partial charge in [0, 0.05) is 6.04 Å². The van der Waals surface area contributed by atoms with Crippen molar-refractivity contribution in [3.63, 3.8) is 0 Å². The maximum Gasteiger partial charge on any atom is 0.123 e. The minimum Gasteiger partial charge on any atom is -0.492 e. The Morgan fingerprint density at radius 3 is 2.80 bits per heavy atom. The fourth-order valence-corrected chi connectivity index (χ4v) is 2.73. The molecule has 1 aliphatic heterocycles. The van der Waals surface area contributed by atoms with Crippen molar-refractivity contribution in [3.8, 4) is 5.75 Å². The van der Waals surface area contributed by atoms with Crippen LogP contribution in [0.3, 0.4) is 0 Å². The average Bonchev–Trinajstić information content (AvgIpc) is 2.46. The number of nitrogens with one attached hydrogen (secondary N) is 1. The van der Waals surface area contributed by atoms with Crippen molar-refractivity contribution in [3.05, 3.63) is 65.5 Å². The second kappa shape index (κ2) is 5.63. The number of fused-ring (bicyclic) bond motifs is 1. The topological polar surface area (TPSA) is 21.3 Å². The predicted molar refractivity (Wildman–Crippen MR) is 77.4 cm³/mol. The van der Waals surface area contributed by atoms with Crippen LogP contribution in [-0.2, 0) is 6.42 Å². The molecule has 2 unspecified atom stereocenters. The minimum atomic E-state index is -0.190. The Morgan fingerprint density at radius 2 is 2.00 bits per heavy atom. The van der Waals surface area contributed by atoms with Crippen LogP contribution in [0.15, 0.2) is 48.5 Å². The zero-order valence-corrected chi connectivity index (χ0v) is 11.5. The molecule has 0 bridgehead atoms. The Bertz CT molecular complexity index is 585. The summed E-state index contributed by atoms with van der Waals surface area (Å²) in [5, 5.41) is 3.48. The van der Waals surface area contributed by atoms with Crippen LogP contribution in [0.25, 0.3) is 0 Å². The molecule has 0 saturated carbocycles. The molecule has 2 aromatic rings. The van der Waals surface area contributed by atoms with Gasteiger partial charge in [-0.25, -0.2) is 4.39 Å². The first-order valence-electron chi connectivity index (χ1n) is 6.94. The summed E-state index contributed by atoms with van der Waals surface area (Å²) in [7, 11) is 0. The average molecular weight is 271 g/mol.